The molecule has 5 rings (SSSR count). The molecule has 3 nitrogen and oxygen atoms in total. The molecule has 2 aromatic rings. The molecule has 1 spiro atoms. The number of hydrogen-bond acceptors (Lipinski definition) is 3. The molecule has 0 amide bonds. The summed E-state index contributed by atoms with van der Waals surface area (Å²) in [6, 6.07) is 12.7. The SMILES string of the molecule is O=C1/C(=C/c2ccccc2F)CCC12CC1CCCCCC1(O)OC2c1ccccc1F. The van der Waals surface area contributed by atoms with E-state index in [1.54, 1.807) is 42.5 Å². The number of hydrogen-bond donors (Lipinski definition) is 1. The second-order valence-corrected chi connectivity index (χ2v) is 9.54. The quantitative estimate of drug-likeness (QED) is 0.574. The fourth-order valence-electron chi connectivity index (χ4n) is 5.97. The van der Waals surface area contributed by atoms with Gasteiger partial charge in [0.2, 0.25) is 0 Å². The van der Waals surface area contributed by atoms with Gasteiger partial charge in [0, 0.05) is 23.5 Å². The average molecular weight is 439 g/mol. The fourth-order valence-corrected chi connectivity index (χ4v) is 5.97. The third-order valence-electron chi connectivity index (χ3n) is 7.67. The Morgan fingerprint density at radius 1 is 0.969 bits per heavy atom. The number of ketones is 1. The zero-order valence-electron chi connectivity index (χ0n) is 18.0. The van der Waals surface area contributed by atoms with Crippen molar-refractivity contribution < 1.29 is 23.4 Å². The molecule has 0 bridgehead atoms. The third-order valence-corrected chi connectivity index (χ3v) is 7.67. The summed E-state index contributed by atoms with van der Waals surface area (Å²) in [7, 11) is 0. The Hall–Kier alpha value is -2.37. The molecule has 0 aromatic heterocycles. The van der Waals surface area contributed by atoms with Crippen LogP contribution in [0, 0.1) is 23.0 Å². The molecule has 2 aromatic carbocycles. The first kappa shape index (κ1) is 21.5. The molecule has 3 fully saturated rings. The fraction of sp³-hybridized carbons (Fsp3) is 0.444. The van der Waals surface area contributed by atoms with Crippen molar-refractivity contribution in [1.82, 2.24) is 0 Å². The summed E-state index contributed by atoms with van der Waals surface area (Å²) in [6.45, 7) is 0. The van der Waals surface area contributed by atoms with Crippen molar-refractivity contribution in [2.75, 3.05) is 0 Å². The van der Waals surface area contributed by atoms with E-state index in [4.69, 9.17) is 4.74 Å². The topological polar surface area (TPSA) is 46.5 Å². The van der Waals surface area contributed by atoms with E-state index in [0.29, 0.717) is 42.4 Å². The van der Waals surface area contributed by atoms with Gasteiger partial charge in [0.1, 0.15) is 17.7 Å². The van der Waals surface area contributed by atoms with Crippen LogP contribution < -0.4 is 0 Å². The Balaban J connectivity index is 1.59. The summed E-state index contributed by atoms with van der Waals surface area (Å²) in [5, 5.41) is 11.4. The van der Waals surface area contributed by atoms with Crippen LogP contribution in [0.25, 0.3) is 6.08 Å². The number of benzene rings is 2. The lowest BCUT2D eigenvalue weighted by molar-refractivity contribution is -0.314. The molecule has 2 saturated carbocycles. The molecule has 1 aliphatic heterocycles. The van der Waals surface area contributed by atoms with Gasteiger partial charge < -0.3 is 9.84 Å². The molecular weight excluding hydrogens is 410 g/mol. The molecule has 1 N–H and O–H groups in total. The normalized spacial score (nSPS) is 34.0. The maximum Gasteiger partial charge on any atom is 0.169 e. The number of carbonyl (C=O) groups excluding carboxylic acids is 1. The van der Waals surface area contributed by atoms with E-state index in [9.17, 15) is 18.7 Å². The van der Waals surface area contributed by atoms with Gasteiger partial charge in [0.25, 0.3) is 0 Å². The molecule has 4 atom stereocenters. The Morgan fingerprint density at radius 3 is 2.50 bits per heavy atom. The van der Waals surface area contributed by atoms with Gasteiger partial charge in [-0.3, -0.25) is 4.79 Å². The van der Waals surface area contributed by atoms with E-state index in [-0.39, 0.29) is 17.5 Å². The second kappa shape index (κ2) is 8.20. The minimum atomic E-state index is -1.35. The lowest BCUT2D eigenvalue weighted by Gasteiger charge is -2.51. The highest BCUT2D eigenvalue weighted by Gasteiger charge is 2.61. The number of carbonyl (C=O) groups is 1. The van der Waals surface area contributed by atoms with Crippen molar-refractivity contribution in [2.24, 2.45) is 11.3 Å². The minimum Gasteiger partial charge on any atom is -0.365 e. The maximum atomic E-state index is 14.9. The van der Waals surface area contributed by atoms with Crippen LogP contribution in [0.2, 0.25) is 0 Å². The van der Waals surface area contributed by atoms with Crippen molar-refractivity contribution in [1.29, 1.82) is 0 Å². The van der Waals surface area contributed by atoms with Gasteiger partial charge in [-0.2, -0.15) is 0 Å². The summed E-state index contributed by atoms with van der Waals surface area (Å²) in [4.78, 5) is 13.9. The van der Waals surface area contributed by atoms with E-state index in [1.165, 1.54) is 12.1 Å². The number of fused-ring (bicyclic) bond motifs is 1. The lowest BCUT2D eigenvalue weighted by Crippen LogP contribution is -2.54. The summed E-state index contributed by atoms with van der Waals surface area (Å²) in [5.74, 6) is -2.46. The van der Waals surface area contributed by atoms with Crippen LogP contribution in [-0.2, 0) is 9.53 Å². The monoisotopic (exact) mass is 438 g/mol. The standard InChI is InChI=1S/C27H28F2O3/c28-22-11-5-3-8-18(22)16-19-13-15-26(24(19)30)17-20-9-2-1-7-14-27(20,31)32-25(26)21-10-4-6-12-23(21)29/h3-6,8,10-12,16,20,25,31H,1-2,7,9,13-15,17H2/b19-16+. The zero-order chi connectivity index (χ0) is 22.3. The van der Waals surface area contributed by atoms with Gasteiger partial charge in [-0.05, 0) is 55.9 Å². The van der Waals surface area contributed by atoms with E-state index >= 15 is 0 Å². The molecule has 0 radical (unpaired) electrons. The first-order valence-electron chi connectivity index (χ1n) is 11.6. The number of ether oxygens (including phenoxy) is 1. The smallest absolute Gasteiger partial charge is 0.169 e. The predicted octanol–water partition coefficient (Wildman–Crippen LogP) is 6.13. The first-order chi connectivity index (χ1) is 15.4. The van der Waals surface area contributed by atoms with Crippen molar-refractivity contribution in [2.45, 2.75) is 63.3 Å². The lowest BCUT2D eigenvalue weighted by atomic mass is 9.65. The van der Waals surface area contributed by atoms with E-state index in [2.05, 4.69) is 0 Å². The van der Waals surface area contributed by atoms with Crippen LogP contribution in [0.4, 0.5) is 8.78 Å². The van der Waals surface area contributed by atoms with Gasteiger partial charge in [0.05, 0.1) is 5.41 Å². The van der Waals surface area contributed by atoms with Gasteiger partial charge >= 0.3 is 0 Å². The van der Waals surface area contributed by atoms with Crippen LogP contribution in [0.1, 0.15) is 68.6 Å². The Bertz CT molecular complexity index is 1060. The number of rotatable bonds is 2. The molecule has 4 unspecified atom stereocenters. The highest BCUT2D eigenvalue weighted by Crippen LogP contribution is 2.60. The Kier molecular flexibility index (Phi) is 5.50. The molecular formula is C27H28F2O3. The van der Waals surface area contributed by atoms with Crippen LogP contribution in [0.3, 0.4) is 0 Å². The molecule has 3 aliphatic rings. The summed E-state index contributed by atoms with van der Waals surface area (Å²) in [5.41, 5.74) is 0.266. The van der Waals surface area contributed by atoms with Crippen LogP contribution in [-0.4, -0.2) is 16.7 Å². The largest absolute Gasteiger partial charge is 0.365 e. The second-order valence-electron chi connectivity index (χ2n) is 9.54. The van der Waals surface area contributed by atoms with Crippen LogP contribution >= 0.6 is 0 Å². The third kappa shape index (κ3) is 3.52. The van der Waals surface area contributed by atoms with Crippen molar-refractivity contribution in [3.63, 3.8) is 0 Å². The number of Topliss-reactive ketones (excluding diaryl/α,β-unsaturated/α-hetero) is 1. The molecule has 1 heterocycles. The zero-order valence-corrected chi connectivity index (χ0v) is 18.0. The van der Waals surface area contributed by atoms with Gasteiger partial charge in [-0.15, -0.1) is 0 Å². The molecule has 32 heavy (non-hydrogen) atoms. The summed E-state index contributed by atoms with van der Waals surface area (Å²) >= 11 is 0. The Labute approximate surface area is 187 Å². The number of allylic oxidation sites excluding steroid dienone is 1. The van der Waals surface area contributed by atoms with Crippen LogP contribution in [0.5, 0.6) is 0 Å². The Morgan fingerprint density at radius 2 is 1.72 bits per heavy atom. The average Bonchev–Trinajstić information content (AvgIpc) is 2.95. The number of halogens is 2. The highest BCUT2D eigenvalue weighted by atomic mass is 19.1. The first-order valence-corrected chi connectivity index (χ1v) is 11.6. The molecule has 1 saturated heterocycles. The number of aliphatic hydroxyl groups is 1. The van der Waals surface area contributed by atoms with E-state index in [0.717, 1.165) is 25.7 Å². The molecule has 168 valence electrons. The summed E-state index contributed by atoms with van der Waals surface area (Å²) in [6.07, 6.45) is 6.28. The van der Waals surface area contributed by atoms with Gasteiger partial charge in [-0.1, -0.05) is 49.2 Å². The van der Waals surface area contributed by atoms with Crippen molar-refractivity contribution in [3.8, 4) is 0 Å². The van der Waals surface area contributed by atoms with Crippen molar-refractivity contribution in [3.05, 3.63) is 76.9 Å². The van der Waals surface area contributed by atoms with Gasteiger partial charge in [-0.25, -0.2) is 8.78 Å². The molecule has 5 heteroatoms. The predicted molar refractivity (Wildman–Crippen MR) is 117 cm³/mol. The van der Waals surface area contributed by atoms with Gasteiger partial charge in [0.15, 0.2) is 11.6 Å². The summed E-state index contributed by atoms with van der Waals surface area (Å²) < 4.78 is 35.5. The van der Waals surface area contributed by atoms with Crippen LogP contribution in [0.15, 0.2) is 54.1 Å². The minimum absolute atomic E-state index is 0.111. The van der Waals surface area contributed by atoms with E-state index < -0.39 is 23.1 Å². The van der Waals surface area contributed by atoms with E-state index in [1.807, 2.05) is 0 Å². The highest BCUT2D eigenvalue weighted by molar-refractivity contribution is 6.06. The maximum absolute atomic E-state index is 14.9. The molecule has 2 aliphatic carbocycles. The van der Waals surface area contributed by atoms with Crippen molar-refractivity contribution >= 4 is 11.9 Å².